The predicted molar refractivity (Wildman–Crippen MR) is 117 cm³/mol. The van der Waals surface area contributed by atoms with Crippen LogP contribution in [0.2, 0.25) is 0 Å². The Hall–Kier alpha value is -2.92. The van der Waals surface area contributed by atoms with Crippen LogP contribution in [0.4, 0.5) is 4.39 Å². The highest BCUT2D eigenvalue weighted by molar-refractivity contribution is 5.90. The highest BCUT2D eigenvalue weighted by Gasteiger charge is 2.17. The summed E-state index contributed by atoms with van der Waals surface area (Å²) >= 11 is 0. The summed E-state index contributed by atoms with van der Waals surface area (Å²) in [5, 5.41) is 0. The predicted octanol–water partition coefficient (Wildman–Crippen LogP) is 5.12. The van der Waals surface area contributed by atoms with E-state index in [2.05, 4.69) is 29.4 Å². The second-order valence-electron chi connectivity index (χ2n) is 7.93. The molecule has 0 fully saturated rings. The van der Waals surface area contributed by atoms with Crippen LogP contribution in [0.25, 0.3) is 0 Å². The van der Waals surface area contributed by atoms with E-state index in [9.17, 15) is 9.18 Å². The van der Waals surface area contributed by atoms with Crippen molar-refractivity contribution in [3.05, 3.63) is 95.1 Å². The van der Waals surface area contributed by atoms with Gasteiger partial charge in [0.2, 0.25) is 0 Å². The highest BCUT2D eigenvalue weighted by Crippen LogP contribution is 2.18. The maximum Gasteiger partial charge on any atom is 0.338 e. The Morgan fingerprint density at radius 2 is 1.70 bits per heavy atom. The molecule has 1 heterocycles. The maximum absolute atomic E-state index is 14.1. The second kappa shape index (κ2) is 10.2. The molecule has 0 saturated carbocycles. The van der Waals surface area contributed by atoms with Crippen molar-refractivity contribution in [1.82, 2.24) is 9.47 Å². The van der Waals surface area contributed by atoms with E-state index in [1.807, 2.05) is 42.6 Å². The Labute approximate surface area is 177 Å². The smallest absolute Gasteiger partial charge is 0.338 e. The van der Waals surface area contributed by atoms with Crippen LogP contribution < -0.4 is 0 Å². The summed E-state index contributed by atoms with van der Waals surface area (Å²) in [4.78, 5) is 14.5. The Morgan fingerprint density at radius 3 is 2.40 bits per heavy atom. The van der Waals surface area contributed by atoms with Crippen molar-refractivity contribution < 1.29 is 13.9 Å². The van der Waals surface area contributed by atoms with Crippen LogP contribution in [-0.2, 0) is 24.4 Å². The van der Waals surface area contributed by atoms with Crippen LogP contribution in [0.5, 0.6) is 0 Å². The molecule has 0 spiro atoms. The van der Waals surface area contributed by atoms with E-state index in [-0.39, 0.29) is 11.8 Å². The van der Waals surface area contributed by atoms with Gasteiger partial charge in [0, 0.05) is 37.1 Å². The summed E-state index contributed by atoms with van der Waals surface area (Å²) in [6.45, 7) is 7.06. The SMILES string of the molecule is COC(=O)c1ccccc1CN(Cc1cccn1Cc1ccccc1F)CC(C)C. The molecule has 0 aliphatic carbocycles. The van der Waals surface area contributed by atoms with E-state index < -0.39 is 0 Å². The van der Waals surface area contributed by atoms with Gasteiger partial charge in [0.05, 0.1) is 19.2 Å². The third kappa shape index (κ3) is 5.57. The average molecular weight is 409 g/mol. The normalized spacial score (nSPS) is 11.3. The fourth-order valence-electron chi connectivity index (χ4n) is 3.70. The number of benzene rings is 2. The van der Waals surface area contributed by atoms with Crippen LogP contribution >= 0.6 is 0 Å². The summed E-state index contributed by atoms with van der Waals surface area (Å²) in [5.41, 5.74) is 3.31. The maximum atomic E-state index is 14.1. The van der Waals surface area contributed by atoms with Gasteiger partial charge in [-0.15, -0.1) is 0 Å². The summed E-state index contributed by atoms with van der Waals surface area (Å²) in [6, 6.07) is 18.5. The largest absolute Gasteiger partial charge is 0.465 e. The summed E-state index contributed by atoms with van der Waals surface area (Å²) in [7, 11) is 1.40. The van der Waals surface area contributed by atoms with Crippen LogP contribution in [-0.4, -0.2) is 29.1 Å². The van der Waals surface area contributed by atoms with Crippen molar-refractivity contribution in [1.29, 1.82) is 0 Å². The minimum absolute atomic E-state index is 0.191. The average Bonchev–Trinajstić information content (AvgIpc) is 3.15. The molecule has 0 amide bonds. The highest BCUT2D eigenvalue weighted by atomic mass is 19.1. The second-order valence-corrected chi connectivity index (χ2v) is 7.93. The molecule has 0 unspecified atom stereocenters. The molecule has 0 bridgehead atoms. The lowest BCUT2D eigenvalue weighted by Crippen LogP contribution is -2.29. The topological polar surface area (TPSA) is 34.5 Å². The Kier molecular flexibility index (Phi) is 7.41. The standard InChI is InChI=1S/C25H29FN2O2/c1-19(2)15-27(16-20-9-4-6-12-23(20)25(29)30-3)18-22-11-8-14-28(22)17-21-10-5-7-13-24(21)26/h4-14,19H,15-18H2,1-3H3. The Morgan fingerprint density at radius 1 is 1.00 bits per heavy atom. The minimum atomic E-state index is -0.321. The quantitative estimate of drug-likeness (QED) is 0.461. The molecule has 0 radical (unpaired) electrons. The molecular weight excluding hydrogens is 379 g/mol. The van der Waals surface area contributed by atoms with Crippen LogP contribution in [0.1, 0.15) is 41.0 Å². The molecule has 30 heavy (non-hydrogen) atoms. The molecule has 3 rings (SSSR count). The number of carbonyl (C=O) groups excluding carboxylic acids is 1. The number of methoxy groups -OCH3 is 1. The number of ether oxygens (including phenoxy) is 1. The van der Waals surface area contributed by atoms with Crippen molar-refractivity contribution >= 4 is 5.97 Å². The molecular formula is C25H29FN2O2. The monoisotopic (exact) mass is 408 g/mol. The summed E-state index contributed by atoms with van der Waals surface area (Å²) in [5.74, 6) is -0.0496. The Balaban J connectivity index is 1.81. The first-order chi connectivity index (χ1) is 14.5. The number of nitrogens with zero attached hydrogens (tertiary/aromatic N) is 2. The molecule has 0 aliphatic rings. The zero-order valence-corrected chi connectivity index (χ0v) is 17.8. The van der Waals surface area contributed by atoms with E-state index in [4.69, 9.17) is 4.74 Å². The van der Waals surface area contributed by atoms with Gasteiger partial charge in [0.1, 0.15) is 5.82 Å². The Bertz CT molecular complexity index is 981. The van der Waals surface area contributed by atoms with Gasteiger partial charge in [-0.3, -0.25) is 4.90 Å². The number of aromatic nitrogens is 1. The van der Waals surface area contributed by atoms with E-state index in [1.165, 1.54) is 13.2 Å². The fourth-order valence-corrected chi connectivity index (χ4v) is 3.70. The summed E-state index contributed by atoms with van der Waals surface area (Å²) < 4.78 is 21.1. The lowest BCUT2D eigenvalue weighted by Gasteiger charge is -2.26. The number of rotatable bonds is 9. The van der Waals surface area contributed by atoms with E-state index in [0.29, 0.717) is 36.7 Å². The van der Waals surface area contributed by atoms with Crippen molar-refractivity contribution in [2.45, 2.75) is 33.5 Å². The first-order valence-corrected chi connectivity index (χ1v) is 10.2. The van der Waals surface area contributed by atoms with Crippen molar-refractivity contribution in [3.8, 4) is 0 Å². The van der Waals surface area contributed by atoms with Gasteiger partial charge < -0.3 is 9.30 Å². The van der Waals surface area contributed by atoms with Gasteiger partial charge in [0.15, 0.2) is 0 Å². The molecule has 0 aliphatic heterocycles. The van der Waals surface area contributed by atoms with Gasteiger partial charge in [-0.2, -0.15) is 0 Å². The van der Waals surface area contributed by atoms with Gasteiger partial charge >= 0.3 is 5.97 Å². The molecule has 0 N–H and O–H groups in total. The van der Waals surface area contributed by atoms with Gasteiger partial charge in [-0.25, -0.2) is 9.18 Å². The molecule has 3 aromatic rings. The van der Waals surface area contributed by atoms with E-state index >= 15 is 0 Å². The molecule has 158 valence electrons. The lowest BCUT2D eigenvalue weighted by molar-refractivity contribution is 0.0598. The first-order valence-electron chi connectivity index (χ1n) is 10.2. The zero-order valence-electron chi connectivity index (χ0n) is 17.8. The molecule has 0 atom stereocenters. The molecule has 4 nitrogen and oxygen atoms in total. The summed E-state index contributed by atoms with van der Waals surface area (Å²) in [6.07, 6.45) is 1.98. The number of carbonyl (C=O) groups is 1. The van der Waals surface area contributed by atoms with E-state index in [0.717, 1.165) is 17.8 Å². The first kappa shape index (κ1) is 21.8. The minimum Gasteiger partial charge on any atom is -0.465 e. The molecule has 2 aromatic carbocycles. The van der Waals surface area contributed by atoms with Crippen LogP contribution in [0.3, 0.4) is 0 Å². The fraction of sp³-hybridized carbons (Fsp3) is 0.320. The van der Waals surface area contributed by atoms with Crippen molar-refractivity contribution in [2.75, 3.05) is 13.7 Å². The lowest BCUT2D eigenvalue weighted by atomic mass is 10.1. The van der Waals surface area contributed by atoms with Crippen LogP contribution in [0.15, 0.2) is 66.9 Å². The van der Waals surface area contributed by atoms with Crippen LogP contribution in [0, 0.1) is 11.7 Å². The number of hydrogen-bond donors (Lipinski definition) is 0. The molecule has 0 saturated heterocycles. The van der Waals surface area contributed by atoms with E-state index in [1.54, 1.807) is 12.1 Å². The third-order valence-corrected chi connectivity index (χ3v) is 5.05. The number of hydrogen-bond acceptors (Lipinski definition) is 3. The third-order valence-electron chi connectivity index (χ3n) is 5.05. The zero-order chi connectivity index (χ0) is 21.5. The van der Waals surface area contributed by atoms with Crippen molar-refractivity contribution in [3.63, 3.8) is 0 Å². The van der Waals surface area contributed by atoms with Gasteiger partial charge in [-0.05, 0) is 35.7 Å². The molecule has 1 aromatic heterocycles. The number of halogens is 1. The van der Waals surface area contributed by atoms with Crippen molar-refractivity contribution in [2.24, 2.45) is 5.92 Å². The number of esters is 1. The molecule has 5 heteroatoms. The van der Waals surface area contributed by atoms with Gasteiger partial charge in [0.25, 0.3) is 0 Å². The van der Waals surface area contributed by atoms with Gasteiger partial charge in [-0.1, -0.05) is 50.2 Å².